The summed E-state index contributed by atoms with van der Waals surface area (Å²) in [5, 5.41) is 39.8. The van der Waals surface area contributed by atoms with Gasteiger partial charge in [0.25, 0.3) is 0 Å². The molecule has 3 N–H and O–H groups in total. The Morgan fingerprint density at radius 1 is 1.08 bits per heavy atom. The Kier molecular flexibility index (Phi) is 8.27. The fraction of sp³-hybridized carbons (Fsp3) is 0.233. The monoisotopic (exact) mass is 582 g/mol. The Balaban J connectivity index is 1.57. The number of aliphatic hydroxyl groups is 1. The van der Waals surface area contributed by atoms with Gasteiger partial charge in [-0.25, -0.2) is 4.79 Å². The lowest BCUT2D eigenvalue weighted by Crippen LogP contribution is -2.17. The molecule has 1 aliphatic carbocycles. The molecular formula is C30H25Cl3N2O4. The molecule has 0 bridgehead atoms. The highest BCUT2D eigenvalue weighted by atomic mass is 35.5. The maximum atomic E-state index is 11.4. The number of aliphatic hydroxyl groups excluding tert-OH is 1. The van der Waals surface area contributed by atoms with Crippen LogP contribution >= 0.6 is 34.8 Å². The van der Waals surface area contributed by atoms with E-state index in [1.165, 1.54) is 12.1 Å². The largest absolute Gasteiger partial charge is 0.512 e. The lowest BCUT2D eigenvalue weighted by Gasteiger charge is -2.18. The van der Waals surface area contributed by atoms with Crippen LogP contribution in [0.3, 0.4) is 0 Å². The third-order valence-electron chi connectivity index (χ3n) is 6.89. The summed E-state index contributed by atoms with van der Waals surface area (Å²) in [6, 6.07) is 18.8. The molecule has 2 unspecified atom stereocenters. The normalized spacial score (nSPS) is 18.7. The van der Waals surface area contributed by atoms with Crippen molar-refractivity contribution in [2.45, 2.75) is 31.6 Å². The summed E-state index contributed by atoms with van der Waals surface area (Å²) >= 11 is 19.2. The number of benzene rings is 3. The maximum absolute atomic E-state index is 11.4. The van der Waals surface area contributed by atoms with Crippen molar-refractivity contribution in [3.05, 3.63) is 109 Å². The van der Waals surface area contributed by atoms with Crippen LogP contribution in [0.1, 0.15) is 53.2 Å². The van der Waals surface area contributed by atoms with Gasteiger partial charge >= 0.3 is 5.97 Å². The molecule has 9 heteroatoms. The Bertz CT molecular complexity index is 1520. The van der Waals surface area contributed by atoms with Gasteiger partial charge < -0.3 is 14.9 Å². The summed E-state index contributed by atoms with van der Waals surface area (Å²) in [6.07, 6.45) is 0.511. The molecule has 0 amide bonds. The van der Waals surface area contributed by atoms with Gasteiger partial charge in [0.05, 0.1) is 38.4 Å². The summed E-state index contributed by atoms with van der Waals surface area (Å²) in [6.45, 7) is 3.46. The molecule has 0 radical (unpaired) electrons. The number of carbonyl (C=O) groups is 1. The molecule has 200 valence electrons. The molecule has 4 rings (SSSR count). The van der Waals surface area contributed by atoms with E-state index in [2.05, 4.69) is 6.07 Å². The van der Waals surface area contributed by atoms with Gasteiger partial charge in [-0.15, -0.1) is 0 Å². The highest BCUT2D eigenvalue weighted by Gasteiger charge is 2.57. The maximum Gasteiger partial charge on any atom is 0.335 e. The van der Waals surface area contributed by atoms with E-state index in [0.717, 1.165) is 5.56 Å². The van der Waals surface area contributed by atoms with E-state index in [1.54, 1.807) is 62.4 Å². The molecule has 2 atom stereocenters. The van der Waals surface area contributed by atoms with Crippen molar-refractivity contribution in [2.75, 3.05) is 6.61 Å². The van der Waals surface area contributed by atoms with Crippen LogP contribution in [-0.4, -0.2) is 28.5 Å². The molecule has 6 nitrogen and oxygen atoms in total. The van der Waals surface area contributed by atoms with Crippen molar-refractivity contribution in [3.63, 3.8) is 0 Å². The van der Waals surface area contributed by atoms with Gasteiger partial charge in [0.1, 0.15) is 18.1 Å². The standard InChI is InChI=1S/C30H25Cl3N2O4/c1-16(2)28(36)21(27(35)26-23(31)7-4-8-24(26)32)14-39-19-9-10-20(25(33)12-19)22-13-30(22,15-34)18-6-3-5-17(11-18)29(37)38/h3-12,16,22,35-36H,13-14H2,1-2H3,(H,37,38)/b28-21-,35-27?. The lowest BCUT2D eigenvalue weighted by molar-refractivity contribution is 0.0696. The smallest absolute Gasteiger partial charge is 0.335 e. The van der Waals surface area contributed by atoms with E-state index in [4.69, 9.17) is 44.9 Å². The average molecular weight is 584 g/mol. The summed E-state index contributed by atoms with van der Waals surface area (Å²) in [4.78, 5) is 11.4. The average Bonchev–Trinajstić information content (AvgIpc) is 3.64. The molecule has 0 saturated heterocycles. The highest BCUT2D eigenvalue weighted by Crippen LogP contribution is 2.61. The lowest BCUT2D eigenvalue weighted by atomic mass is 9.91. The number of hydrogen-bond donors (Lipinski definition) is 3. The van der Waals surface area contributed by atoms with Crippen LogP contribution in [0.4, 0.5) is 0 Å². The minimum atomic E-state index is -1.05. The number of carboxylic acids is 1. The molecule has 0 aliphatic heterocycles. The van der Waals surface area contributed by atoms with Crippen LogP contribution in [0.2, 0.25) is 15.1 Å². The summed E-state index contributed by atoms with van der Waals surface area (Å²) in [5.41, 5.74) is 1.15. The Hall–Kier alpha value is -3.50. The molecule has 0 aromatic heterocycles. The first kappa shape index (κ1) is 28.5. The first-order valence-corrected chi connectivity index (χ1v) is 13.3. The Labute approximate surface area is 241 Å². The number of nitriles is 1. The first-order chi connectivity index (χ1) is 18.5. The summed E-state index contributed by atoms with van der Waals surface area (Å²) in [5.74, 6) is -1.14. The van der Waals surface area contributed by atoms with Gasteiger partial charge in [-0.2, -0.15) is 5.26 Å². The van der Waals surface area contributed by atoms with Crippen LogP contribution in [0.5, 0.6) is 5.75 Å². The number of rotatable bonds is 9. The molecule has 1 aliphatic rings. The van der Waals surface area contributed by atoms with E-state index in [-0.39, 0.29) is 51.1 Å². The van der Waals surface area contributed by atoms with Gasteiger partial charge in [-0.3, -0.25) is 5.41 Å². The molecule has 39 heavy (non-hydrogen) atoms. The van der Waals surface area contributed by atoms with Crippen LogP contribution in [0.15, 0.2) is 72.0 Å². The molecule has 0 spiro atoms. The predicted molar refractivity (Wildman–Crippen MR) is 153 cm³/mol. The number of nitrogens with zero attached hydrogens (tertiary/aromatic N) is 1. The van der Waals surface area contributed by atoms with Crippen molar-refractivity contribution >= 4 is 46.5 Å². The van der Waals surface area contributed by atoms with Gasteiger partial charge in [-0.05, 0) is 53.9 Å². The fourth-order valence-corrected chi connectivity index (χ4v) is 5.51. The molecular weight excluding hydrogens is 559 g/mol. The van der Waals surface area contributed by atoms with Crippen LogP contribution < -0.4 is 4.74 Å². The zero-order valence-electron chi connectivity index (χ0n) is 21.1. The van der Waals surface area contributed by atoms with Crippen molar-refractivity contribution in [1.29, 1.82) is 10.7 Å². The molecule has 1 fully saturated rings. The van der Waals surface area contributed by atoms with Gasteiger partial charge in [-0.1, -0.05) is 72.9 Å². The second kappa shape index (κ2) is 11.3. The van der Waals surface area contributed by atoms with Crippen molar-refractivity contribution < 1.29 is 19.7 Å². The number of halogens is 3. The molecule has 3 aromatic carbocycles. The fourth-order valence-electron chi connectivity index (χ4n) is 4.62. The van der Waals surface area contributed by atoms with Crippen molar-refractivity contribution in [3.8, 4) is 11.8 Å². The third kappa shape index (κ3) is 5.62. The number of allylic oxidation sites excluding steroid dienone is 1. The zero-order chi connectivity index (χ0) is 28.5. The van der Waals surface area contributed by atoms with E-state index in [9.17, 15) is 20.3 Å². The highest BCUT2D eigenvalue weighted by molar-refractivity contribution is 6.41. The molecule has 1 saturated carbocycles. The summed E-state index contributed by atoms with van der Waals surface area (Å²) in [7, 11) is 0. The van der Waals surface area contributed by atoms with E-state index in [0.29, 0.717) is 28.3 Å². The topological polar surface area (TPSA) is 114 Å². The van der Waals surface area contributed by atoms with E-state index < -0.39 is 11.4 Å². The van der Waals surface area contributed by atoms with Gasteiger partial charge in [0, 0.05) is 22.4 Å². The van der Waals surface area contributed by atoms with Crippen LogP contribution in [0.25, 0.3) is 0 Å². The van der Waals surface area contributed by atoms with Crippen LogP contribution in [-0.2, 0) is 5.41 Å². The summed E-state index contributed by atoms with van der Waals surface area (Å²) < 4.78 is 5.94. The minimum Gasteiger partial charge on any atom is -0.512 e. The van der Waals surface area contributed by atoms with Crippen molar-refractivity contribution in [2.24, 2.45) is 5.92 Å². The van der Waals surface area contributed by atoms with Crippen LogP contribution in [0, 0.1) is 22.7 Å². The number of ether oxygens (including phenoxy) is 1. The SMILES string of the molecule is CC(C)/C(O)=C(\COc1ccc(C2CC2(C#N)c2cccc(C(=O)O)c2)c(Cl)c1)C(=N)c1c(Cl)cccc1Cl. The van der Waals surface area contributed by atoms with E-state index >= 15 is 0 Å². The Morgan fingerprint density at radius 3 is 2.33 bits per heavy atom. The second-order valence-corrected chi connectivity index (χ2v) is 10.9. The zero-order valence-corrected chi connectivity index (χ0v) is 23.4. The van der Waals surface area contributed by atoms with Gasteiger partial charge in [0.2, 0.25) is 0 Å². The third-order valence-corrected chi connectivity index (χ3v) is 7.84. The number of hydrogen-bond acceptors (Lipinski definition) is 5. The van der Waals surface area contributed by atoms with Gasteiger partial charge in [0.15, 0.2) is 0 Å². The molecule has 0 heterocycles. The first-order valence-electron chi connectivity index (χ1n) is 12.1. The Morgan fingerprint density at radius 2 is 1.74 bits per heavy atom. The number of carboxylic acid groups (broad SMARTS) is 1. The molecule has 3 aromatic rings. The second-order valence-electron chi connectivity index (χ2n) is 9.69. The number of nitrogens with one attached hydrogen (secondary N) is 1. The number of aromatic carboxylic acids is 1. The minimum absolute atomic E-state index is 0.0147. The predicted octanol–water partition coefficient (Wildman–Crippen LogP) is 8.21. The van der Waals surface area contributed by atoms with Crippen molar-refractivity contribution in [1.82, 2.24) is 0 Å². The van der Waals surface area contributed by atoms with E-state index in [1.807, 2.05) is 0 Å². The quantitative estimate of drug-likeness (QED) is 0.173.